The first-order valence-corrected chi connectivity index (χ1v) is 21.5. The fourth-order valence-corrected chi connectivity index (χ4v) is 8.96. The molecule has 0 atom stereocenters. The third-order valence-corrected chi connectivity index (χ3v) is 11.7. The van der Waals surface area contributed by atoms with Crippen molar-refractivity contribution in [1.82, 2.24) is 9.80 Å². The third-order valence-electron chi connectivity index (χ3n) is 7.67. The van der Waals surface area contributed by atoms with Crippen molar-refractivity contribution in [2.75, 3.05) is 39.4 Å². The number of Topliss-reactive ketones (excluding diaryl/α,β-unsaturated/α-hetero) is 1. The lowest BCUT2D eigenvalue weighted by Crippen LogP contribution is -2.41. The summed E-state index contributed by atoms with van der Waals surface area (Å²) < 4.78 is 15.6. The maximum absolute atomic E-state index is 13.7. The quantitative estimate of drug-likeness (QED) is 0.0755. The van der Waals surface area contributed by atoms with Crippen LogP contribution in [0.2, 0.25) is 0 Å². The van der Waals surface area contributed by atoms with Gasteiger partial charge >= 0.3 is 12.2 Å². The topological polar surface area (TPSA) is 120 Å². The van der Waals surface area contributed by atoms with Crippen molar-refractivity contribution < 1.29 is 38.2 Å². The van der Waals surface area contributed by atoms with E-state index in [1.807, 2.05) is 102 Å². The van der Waals surface area contributed by atoms with Crippen LogP contribution in [-0.2, 0) is 28.6 Å². The number of carbonyl (C=O) groups is 5. The van der Waals surface area contributed by atoms with E-state index in [0.717, 1.165) is 29.1 Å². The predicted octanol–water partition coefficient (Wildman–Crippen LogP) is 8.58. The van der Waals surface area contributed by atoms with Crippen LogP contribution >= 0.6 is 6.89 Å². The molecular formula is C48H67N2O8P. The summed E-state index contributed by atoms with van der Waals surface area (Å²) in [5.74, 6) is 1.53. The minimum Gasteiger partial charge on any atom is -0.444 e. The monoisotopic (exact) mass is 830 g/mol. The standard InChI is InChI=1S/C30H34NO3P.C13H21NO3.C4H10O.CH2O/c1-5-6-22-31(29(33)34-30(2,3)4)23-25(32)24-35(26-16-10-7-11-17-26,27-18-12-8-13-19-27)28-20-14-9-15-21-28;1-6-8-9-14(10-11(15)7-2)12(16)17-13(3,4)5;1-3-5-4-2;1-2/h5,7-21,24H,1,6,22-23H2,2-4H3;6-7H,1-2,8-10H2,3-5H3;3-4H2,1-2H3;1H2. The Labute approximate surface area is 353 Å². The van der Waals surface area contributed by atoms with Gasteiger partial charge in [0, 0.05) is 26.3 Å². The largest absolute Gasteiger partial charge is 0.444 e. The Hall–Kier alpha value is -5.31. The van der Waals surface area contributed by atoms with Crippen LogP contribution in [-0.4, -0.2) is 96.7 Å². The zero-order chi connectivity index (χ0) is 44.9. The van der Waals surface area contributed by atoms with Crippen molar-refractivity contribution in [1.29, 1.82) is 0 Å². The normalized spacial score (nSPS) is 10.6. The van der Waals surface area contributed by atoms with Crippen LogP contribution in [0.5, 0.6) is 0 Å². The summed E-state index contributed by atoms with van der Waals surface area (Å²) in [5.41, 5.74) is -1.22. The molecule has 59 heavy (non-hydrogen) atoms. The second-order valence-electron chi connectivity index (χ2n) is 14.7. The SMILES string of the molecule is C=CCCN(CC(=O)C=C)C(=O)OC(C)(C)C.C=CCCN(CC(=O)C=P(c1ccccc1)(c1ccccc1)c1ccccc1)C(=O)OC(C)(C)C.C=O.CCOCC. The van der Waals surface area contributed by atoms with Gasteiger partial charge in [-0.25, -0.2) is 9.59 Å². The van der Waals surface area contributed by atoms with Gasteiger partial charge in [-0.15, -0.1) is 13.2 Å². The lowest BCUT2D eigenvalue weighted by atomic mass is 10.2. The Kier molecular flexibility index (Phi) is 26.4. The molecule has 0 aliphatic heterocycles. The Morgan fingerprint density at radius 2 is 0.898 bits per heavy atom. The van der Waals surface area contributed by atoms with Gasteiger partial charge in [-0.2, -0.15) is 0 Å². The number of nitrogens with zero attached hydrogens (tertiary/aromatic N) is 2. The van der Waals surface area contributed by atoms with Crippen molar-refractivity contribution in [3.05, 3.63) is 129 Å². The molecule has 0 saturated heterocycles. The maximum Gasteiger partial charge on any atom is 0.410 e. The third kappa shape index (κ3) is 21.3. The molecule has 0 radical (unpaired) electrons. The van der Waals surface area contributed by atoms with Gasteiger partial charge in [0.25, 0.3) is 0 Å². The van der Waals surface area contributed by atoms with Gasteiger partial charge in [0.1, 0.15) is 18.0 Å². The van der Waals surface area contributed by atoms with Crippen molar-refractivity contribution in [3.8, 4) is 0 Å². The van der Waals surface area contributed by atoms with E-state index in [0.29, 0.717) is 25.9 Å². The highest BCUT2D eigenvalue weighted by Gasteiger charge is 2.29. The van der Waals surface area contributed by atoms with Gasteiger partial charge in [0.2, 0.25) is 0 Å². The second kappa shape index (κ2) is 29.0. The summed E-state index contributed by atoms with van der Waals surface area (Å²) in [6.07, 6.45) is 4.83. The molecule has 0 unspecified atom stereocenters. The van der Waals surface area contributed by atoms with E-state index in [2.05, 4.69) is 56.1 Å². The van der Waals surface area contributed by atoms with Crippen molar-refractivity contribution in [2.24, 2.45) is 0 Å². The summed E-state index contributed by atoms with van der Waals surface area (Å²) >= 11 is 0. The summed E-state index contributed by atoms with van der Waals surface area (Å²) in [4.78, 5) is 60.5. The first-order valence-electron chi connectivity index (χ1n) is 19.6. The maximum atomic E-state index is 13.7. The molecule has 0 fully saturated rings. The number of rotatable bonds is 17. The first kappa shape index (κ1) is 53.7. The Morgan fingerprint density at radius 1 is 0.576 bits per heavy atom. The van der Waals surface area contributed by atoms with Gasteiger partial charge in [-0.1, -0.05) is 110 Å². The molecule has 10 nitrogen and oxygen atoms in total. The number of hydrogen-bond acceptors (Lipinski definition) is 8. The molecule has 322 valence electrons. The number of benzene rings is 3. The van der Waals surface area contributed by atoms with Gasteiger partial charge in [0.15, 0.2) is 11.6 Å². The first-order chi connectivity index (χ1) is 28.0. The molecule has 0 saturated carbocycles. The average molecular weight is 831 g/mol. The molecule has 11 heteroatoms. The fourth-order valence-electron chi connectivity index (χ4n) is 5.18. The van der Waals surface area contributed by atoms with Gasteiger partial charge < -0.3 is 28.8 Å². The summed E-state index contributed by atoms with van der Waals surface area (Å²) in [6.45, 7) is 27.5. The van der Waals surface area contributed by atoms with Crippen LogP contribution in [0.25, 0.3) is 0 Å². The zero-order valence-corrected chi connectivity index (χ0v) is 37.5. The number of ether oxygens (including phenoxy) is 3. The van der Waals surface area contributed by atoms with Crippen LogP contribution in [0, 0.1) is 0 Å². The summed E-state index contributed by atoms with van der Waals surface area (Å²) in [5, 5.41) is 3.25. The van der Waals surface area contributed by atoms with E-state index in [9.17, 15) is 19.2 Å². The lowest BCUT2D eigenvalue weighted by Gasteiger charge is -2.29. The molecule has 0 aliphatic rings. The second-order valence-corrected chi connectivity index (χ2v) is 18.0. The highest BCUT2D eigenvalue weighted by atomic mass is 31.2. The molecule has 0 aromatic heterocycles. The Bertz CT molecular complexity index is 1660. The summed E-state index contributed by atoms with van der Waals surface area (Å²) in [6, 6.07) is 30.5. The molecule has 2 amide bonds. The van der Waals surface area contributed by atoms with E-state index >= 15 is 0 Å². The van der Waals surface area contributed by atoms with Crippen molar-refractivity contribution in [2.45, 2.75) is 79.4 Å². The van der Waals surface area contributed by atoms with Crippen LogP contribution in [0.3, 0.4) is 0 Å². The number of carbonyl (C=O) groups excluding carboxylic acids is 5. The highest BCUT2D eigenvalue weighted by Crippen LogP contribution is 2.43. The summed E-state index contributed by atoms with van der Waals surface area (Å²) in [7, 11) is 0. The van der Waals surface area contributed by atoms with Crippen LogP contribution in [0.4, 0.5) is 9.59 Å². The van der Waals surface area contributed by atoms with E-state index in [4.69, 9.17) is 19.0 Å². The minimum atomic E-state index is -2.44. The fraction of sp³-hybridized carbons (Fsp3) is 0.375. The molecule has 0 heterocycles. The molecule has 3 aromatic carbocycles. The predicted molar refractivity (Wildman–Crippen MR) is 246 cm³/mol. The van der Waals surface area contributed by atoms with E-state index < -0.39 is 30.3 Å². The van der Waals surface area contributed by atoms with Gasteiger partial charge in [-0.05, 0) is 103 Å². The molecular weight excluding hydrogens is 764 g/mol. The minimum absolute atomic E-state index is 0.00769. The van der Waals surface area contributed by atoms with Crippen LogP contribution < -0.4 is 15.9 Å². The average Bonchev–Trinajstić information content (AvgIpc) is 3.21. The van der Waals surface area contributed by atoms with Crippen LogP contribution in [0.15, 0.2) is 129 Å². The van der Waals surface area contributed by atoms with E-state index in [1.54, 1.807) is 32.9 Å². The van der Waals surface area contributed by atoms with E-state index in [1.165, 1.54) is 15.9 Å². The van der Waals surface area contributed by atoms with Crippen molar-refractivity contribution in [3.63, 3.8) is 0 Å². The molecule has 0 bridgehead atoms. The Morgan fingerprint density at radius 3 is 1.15 bits per heavy atom. The highest BCUT2D eigenvalue weighted by molar-refractivity contribution is 7.95. The lowest BCUT2D eigenvalue weighted by molar-refractivity contribution is -0.116. The molecule has 3 rings (SSSR count). The molecule has 0 N–H and O–H groups in total. The van der Waals surface area contributed by atoms with Crippen LogP contribution in [0.1, 0.15) is 68.2 Å². The number of hydrogen-bond donors (Lipinski definition) is 0. The smallest absolute Gasteiger partial charge is 0.410 e. The number of ketones is 2. The zero-order valence-electron chi connectivity index (χ0n) is 36.6. The molecule has 0 spiro atoms. The molecule has 3 aromatic rings. The number of amides is 2. The molecule has 0 aliphatic carbocycles. The Balaban J connectivity index is 0.00000117. The van der Waals surface area contributed by atoms with Crippen molar-refractivity contribution >= 4 is 59.1 Å². The van der Waals surface area contributed by atoms with E-state index in [-0.39, 0.29) is 24.7 Å². The van der Waals surface area contributed by atoms with Gasteiger partial charge in [-0.3, -0.25) is 9.59 Å². The van der Waals surface area contributed by atoms with Gasteiger partial charge in [0.05, 0.1) is 13.1 Å².